The van der Waals surface area contributed by atoms with E-state index in [1.807, 2.05) is 7.05 Å². The van der Waals surface area contributed by atoms with E-state index in [9.17, 15) is 12.9 Å². The zero-order valence-corrected chi connectivity index (χ0v) is 13.3. The predicted octanol–water partition coefficient (Wildman–Crippen LogP) is -0.661. The Balaban J connectivity index is 0.00000144. The van der Waals surface area contributed by atoms with Gasteiger partial charge < -0.3 is 12.9 Å². The normalized spacial score (nSPS) is 15.8. The average molecular weight is 267 g/mol. The fraction of sp³-hybridized carbons (Fsp3) is 0.455. The molecule has 1 saturated carbocycles. The Labute approximate surface area is 142 Å². The van der Waals surface area contributed by atoms with Gasteiger partial charge >= 0.3 is 58.4 Å². The molecule has 0 saturated heterocycles. The summed E-state index contributed by atoms with van der Waals surface area (Å²) in [4.78, 5) is 2.11. The fourth-order valence-electron chi connectivity index (χ4n) is 1.83. The summed E-state index contributed by atoms with van der Waals surface area (Å²) in [7, 11) is 1.96. The number of rotatable bonds is 4. The van der Waals surface area contributed by atoms with Crippen LogP contribution in [0.5, 0.6) is 0 Å². The van der Waals surface area contributed by atoms with Crippen LogP contribution in [0.2, 0.25) is 0 Å². The standard InChI is InChI=1S/C11H14BF3N.K/c1-16(11-5-6-11)8-9-3-2-4-10(7-9)12(13,14)15;/h2-4,7,11H,5-6,8H2,1H3;/q-1;+1. The van der Waals surface area contributed by atoms with Gasteiger partial charge in [-0.25, -0.2) is 0 Å². The van der Waals surface area contributed by atoms with Crippen molar-refractivity contribution in [2.45, 2.75) is 25.4 Å². The second-order valence-corrected chi connectivity index (χ2v) is 4.47. The van der Waals surface area contributed by atoms with Crippen molar-refractivity contribution in [3.8, 4) is 0 Å². The maximum absolute atomic E-state index is 12.5. The minimum absolute atomic E-state index is 0. The predicted molar refractivity (Wildman–Crippen MR) is 59.6 cm³/mol. The summed E-state index contributed by atoms with van der Waals surface area (Å²) in [6.45, 7) is -4.27. The zero-order valence-electron chi connectivity index (χ0n) is 10.2. The van der Waals surface area contributed by atoms with Crippen molar-refractivity contribution >= 4 is 12.4 Å². The summed E-state index contributed by atoms with van der Waals surface area (Å²) >= 11 is 0. The molecule has 1 aromatic carbocycles. The van der Waals surface area contributed by atoms with Crippen molar-refractivity contribution in [3.05, 3.63) is 29.8 Å². The Kier molecular flexibility index (Phi) is 5.75. The van der Waals surface area contributed by atoms with E-state index >= 15 is 0 Å². The number of hydrogen-bond acceptors (Lipinski definition) is 1. The van der Waals surface area contributed by atoms with Gasteiger partial charge in [0.15, 0.2) is 0 Å². The Morgan fingerprint density at radius 2 is 1.94 bits per heavy atom. The minimum Gasteiger partial charge on any atom is -0.445 e. The first-order chi connectivity index (χ1) is 7.47. The largest absolute Gasteiger partial charge is 1.00 e. The van der Waals surface area contributed by atoms with E-state index in [0.717, 1.165) is 11.6 Å². The third-order valence-electron chi connectivity index (χ3n) is 2.93. The Hall–Kier alpha value is 0.671. The minimum atomic E-state index is -4.87. The number of hydrogen-bond donors (Lipinski definition) is 0. The van der Waals surface area contributed by atoms with Crippen molar-refractivity contribution < 1.29 is 64.3 Å². The molecule has 0 heterocycles. The zero-order chi connectivity index (χ0) is 11.8. The molecule has 0 aliphatic heterocycles. The molecule has 0 unspecified atom stereocenters. The van der Waals surface area contributed by atoms with Crippen LogP contribution in [-0.2, 0) is 6.54 Å². The van der Waals surface area contributed by atoms with Crippen LogP contribution >= 0.6 is 0 Å². The van der Waals surface area contributed by atoms with E-state index in [1.165, 1.54) is 25.0 Å². The summed E-state index contributed by atoms with van der Waals surface area (Å²) in [6, 6.07) is 6.21. The van der Waals surface area contributed by atoms with Crippen LogP contribution in [0.4, 0.5) is 12.9 Å². The van der Waals surface area contributed by atoms with Crippen LogP contribution in [0, 0.1) is 0 Å². The molecule has 0 N–H and O–H groups in total. The van der Waals surface area contributed by atoms with Gasteiger partial charge in [-0.05, 0) is 25.5 Å². The van der Waals surface area contributed by atoms with Gasteiger partial charge in [0.25, 0.3) is 0 Å². The van der Waals surface area contributed by atoms with Gasteiger partial charge in [0.2, 0.25) is 0 Å². The fourth-order valence-corrected chi connectivity index (χ4v) is 1.83. The molecule has 0 spiro atoms. The number of nitrogens with zero attached hydrogens (tertiary/aromatic N) is 1. The Morgan fingerprint density at radius 3 is 2.47 bits per heavy atom. The van der Waals surface area contributed by atoms with Gasteiger partial charge in [-0.15, -0.1) is 5.46 Å². The first-order valence-electron chi connectivity index (χ1n) is 5.46. The Morgan fingerprint density at radius 1 is 1.29 bits per heavy atom. The van der Waals surface area contributed by atoms with Crippen molar-refractivity contribution in [3.63, 3.8) is 0 Å². The molecular weight excluding hydrogens is 253 g/mol. The van der Waals surface area contributed by atoms with Crippen LogP contribution in [-0.4, -0.2) is 25.0 Å². The summed E-state index contributed by atoms with van der Waals surface area (Å²) < 4.78 is 37.6. The average Bonchev–Trinajstić information content (AvgIpc) is 2.99. The van der Waals surface area contributed by atoms with Gasteiger partial charge in [0, 0.05) is 12.6 Å². The smallest absolute Gasteiger partial charge is 0.445 e. The summed E-state index contributed by atoms with van der Waals surface area (Å²) in [5.41, 5.74) is 0.243. The first kappa shape index (κ1) is 15.7. The quantitative estimate of drug-likeness (QED) is 0.655. The molecule has 1 aliphatic rings. The van der Waals surface area contributed by atoms with E-state index in [2.05, 4.69) is 4.90 Å². The molecule has 0 radical (unpaired) electrons. The summed E-state index contributed by atoms with van der Waals surface area (Å²) in [6.07, 6.45) is 2.33. The summed E-state index contributed by atoms with van der Waals surface area (Å²) in [5, 5.41) is 0. The Bertz CT molecular complexity index is 379. The second-order valence-electron chi connectivity index (χ2n) is 4.47. The molecule has 1 nitrogen and oxygen atoms in total. The second kappa shape index (κ2) is 6.21. The molecular formula is C11H14BF3KN. The van der Waals surface area contributed by atoms with E-state index in [4.69, 9.17) is 0 Å². The molecule has 17 heavy (non-hydrogen) atoms. The molecule has 2 rings (SSSR count). The van der Waals surface area contributed by atoms with Crippen LogP contribution in [0.15, 0.2) is 24.3 Å². The molecule has 6 heteroatoms. The molecule has 1 fully saturated rings. The van der Waals surface area contributed by atoms with Crippen LogP contribution in [0.25, 0.3) is 0 Å². The van der Waals surface area contributed by atoms with Crippen LogP contribution in [0.1, 0.15) is 18.4 Å². The topological polar surface area (TPSA) is 3.24 Å². The first-order valence-corrected chi connectivity index (χ1v) is 5.46. The maximum Gasteiger partial charge on any atom is 1.00 e. The molecule has 0 amide bonds. The van der Waals surface area contributed by atoms with Crippen molar-refractivity contribution in [1.82, 2.24) is 4.90 Å². The SMILES string of the molecule is CN(Cc1cccc([B-](F)(F)F)c1)C1CC1.[K+]. The maximum atomic E-state index is 12.5. The van der Waals surface area contributed by atoms with Gasteiger partial charge in [0.05, 0.1) is 0 Å². The molecule has 1 aromatic rings. The van der Waals surface area contributed by atoms with Gasteiger partial charge in [-0.2, -0.15) is 0 Å². The van der Waals surface area contributed by atoms with Gasteiger partial charge in [-0.3, -0.25) is 4.90 Å². The third kappa shape index (κ3) is 4.69. The van der Waals surface area contributed by atoms with Crippen molar-refractivity contribution in [1.29, 1.82) is 0 Å². The monoisotopic (exact) mass is 267 g/mol. The molecule has 0 aromatic heterocycles. The summed E-state index contributed by atoms with van der Waals surface area (Å²) in [5.74, 6) is 0. The van der Waals surface area contributed by atoms with E-state index in [-0.39, 0.29) is 51.4 Å². The molecule has 0 bridgehead atoms. The van der Waals surface area contributed by atoms with Crippen LogP contribution in [0.3, 0.4) is 0 Å². The number of halogens is 3. The van der Waals surface area contributed by atoms with E-state index in [1.54, 1.807) is 6.07 Å². The van der Waals surface area contributed by atoms with Crippen molar-refractivity contribution in [2.75, 3.05) is 7.05 Å². The van der Waals surface area contributed by atoms with Gasteiger partial charge in [-0.1, -0.05) is 24.3 Å². The van der Waals surface area contributed by atoms with E-state index < -0.39 is 12.4 Å². The molecule has 88 valence electrons. The molecule has 0 atom stereocenters. The third-order valence-corrected chi connectivity index (χ3v) is 2.93. The van der Waals surface area contributed by atoms with Gasteiger partial charge in [0.1, 0.15) is 0 Å². The molecule has 1 aliphatic carbocycles. The van der Waals surface area contributed by atoms with Crippen molar-refractivity contribution in [2.24, 2.45) is 0 Å². The van der Waals surface area contributed by atoms with Crippen LogP contribution < -0.4 is 56.8 Å². The number of benzene rings is 1. The van der Waals surface area contributed by atoms with E-state index in [0.29, 0.717) is 12.6 Å².